The molecule has 15 heavy (non-hydrogen) atoms. The summed E-state index contributed by atoms with van der Waals surface area (Å²) in [5.41, 5.74) is 0.873. The number of benzene rings is 1. The van der Waals surface area contributed by atoms with Crippen LogP contribution in [0.15, 0.2) is 10.5 Å². The van der Waals surface area contributed by atoms with E-state index in [1.54, 1.807) is 6.92 Å². The molecule has 0 spiro atoms. The Morgan fingerprint density at radius 2 is 2.13 bits per heavy atom. The Morgan fingerprint density at radius 3 is 2.80 bits per heavy atom. The van der Waals surface area contributed by atoms with Crippen LogP contribution in [0.2, 0.25) is 0 Å². The van der Waals surface area contributed by atoms with Crippen LogP contribution in [0.25, 0.3) is 0 Å². The molecule has 1 N–H and O–H groups in total. The fourth-order valence-corrected chi connectivity index (χ4v) is 1.98. The lowest BCUT2D eigenvalue weighted by atomic mass is 10.1. The van der Waals surface area contributed by atoms with Crippen molar-refractivity contribution in [2.45, 2.75) is 6.92 Å². The normalized spacial score (nSPS) is 13.7. The maximum Gasteiger partial charge on any atom is 0.336 e. The first-order valence-corrected chi connectivity index (χ1v) is 5.22. The van der Waals surface area contributed by atoms with Gasteiger partial charge < -0.3 is 14.6 Å². The molecule has 2 rings (SSSR count). The Morgan fingerprint density at radius 1 is 1.47 bits per heavy atom. The van der Waals surface area contributed by atoms with Crippen molar-refractivity contribution in [1.29, 1.82) is 0 Å². The van der Waals surface area contributed by atoms with Crippen molar-refractivity contribution in [2.75, 3.05) is 13.2 Å². The van der Waals surface area contributed by atoms with Gasteiger partial charge in [-0.1, -0.05) is 0 Å². The number of halogens is 1. The highest BCUT2D eigenvalue weighted by Crippen LogP contribution is 2.41. The monoisotopic (exact) mass is 272 g/mol. The number of fused-ring (bicyclic) bond motifs is 1. The third kappa shape index (κ3) is 1.67. The van der Waals surface area contributed by atoms with Crippen LogP contribution in [-0.4, -0.2) is 24.3 Å². The van der Waals surface area contributed by atoms with Gasteiger partial charge in [-0.2, -0.15) is 0 Å². The van der Waals surface area contributed by atoms with Gasteiger partial charge in [0.2, 0.25) is 0 Å². The number of aromatic carboxylic acids is 1. The Kier molecular flexibility index (Phi) is 2.56. The number of hydrogen-bond donors (Lipinski definition) is 1. The van der Waals surface area contributed by atoms with Crippen LogP contribution in [0.1, 0.15) is 15.9 Å². The van der Waals surface area contributed by atoms with Gasteiger partial charge in [-0.3, -0.25) is 0 Å². The van der Waals surface area contributed by atoms with Crippen molar-refractivity contribution in [3.8, 4) is 11.5 Å². The first kappa shape index (κ1) is 10.3. The van der Waals surface area contributed by atoms with Crippen LogP contribution in [0.4, 0.5) is 0 Å². The zero-order chi connectivity index (χ0) is 11.0. The number of hydrogen-bond acceptors (Lipinski definition) is 3. The lowest BCUT2D eigenvalue weighted by molar-refractivity contribution is 0.0694. The number of ether oxygens (including phenoxy) is 2. The molecule has 1 heterocycles. The maximum absolute atomic E-state index is 10.9. The minimum Gasteiger partial charge on any atom is -0.486 e. The molecule has 80 valence electrons. The first-order valence-electron chi connectivity index (χ1n) is 4.43. The van der Waals surface area contributed by atoms with Gasteiger partial charge in [0.1, 0.15) is 13.2 Å². The standard InChI is InChI=1S/C10H9BrO4/c1-5-6(10(12)13)4-7-9(8(5)11)15-3-2-14-7/h4H,2-3H2,1H3,(H,12,13). The van der Waals surface area contributed by atoms with Crippen molar-refractivity contribution >= 4 is 21.9 Å². The second-order valence-electron chi connectivity index (χ2n) is 3.19. The summed E-state index contributed by atoms with van der Waals surface area (Å²) in [6.07, 6.45) is 0. The Labute approximate surface area is 94.9 Å². The molecule has 0 unspecified atom stereocenters. The molecule has 0 saturated carbocycles. The second-order valence-corrected chi connectivity index (χ2v) is 3.99. The molecule has 0 amide bonds. The summed E-state index contributed by atoms with van der Waals surface area (Å²) in [6, 6.07) is 1.50. The van der Waals surface area contributed by atoms with Gasteiger partial charge in [0.15, 0.2) is 11.5 Å². The van der Waals surface area contributed by atoms with Crippen molar-refractivity contribution in [1.82, 2.24) is 0 Å². The number of carbonyl (C=O) groups is 1. The molecule has 1 aliphatic heterocycles. The van der Waals surface area contributed by atoms with Gasteiger partial charge in [-0.25, -0.2) is 4.79 Å². The molecule has 1 aromatic rings. The largest absolute Gasteiger partial charge is 0.486 e. The highest BCUT2D eigenvalue weighted by Gasteiger charge is 2.21. The third-order valence-corrected chi connectivity index (χ3v) is 3.20. The van der Waals surface area contributed by atoms with Crippen LogP contribution in [0.5, 0.6) is 11.5 Å². The molecule has 0 aromatic heterocycles. The topological polar surface area (TPSA) is 55.8 Å². The number of carboxylic acid groups (broad SMARTS) is 1. The third-order valence-electron chi connectivity index (χ3n) is 2.25. The predicted molar refractivity (Wildman–Crippen MR) is 56.8 cm³/mol. The average Bonchev–Trinajstić information content (AvgIpc) is 2.23. The van der Waals surface area contributed by atoms with Gasteiger partial charge in [-0.05, 0) is 34.5 Å². The molecule has 1 aliphatic rings. The zero-order valence-corrected chi connectivity index (χ0v) is 9.63. The maximum atomic E-state index is 10.9. The summed E-state index contributed by atoms with van der Waals surface area (Å²) < 4.78 is 11.4. The molecular formula is C10H9BrO4. The highest BCUT2D eigenvalue weighted by atomic mass is 79.9. The summed E-state index contributed by atoms with van der Waals surface area (Å²) in [5, 5.41) is 8.97. The predicted octanol–water partition coefficient (Wildman–Crippen LogP) is 2.23. The Balaban J connectivity index is 2.63. The fraction of sp³-hybridized carbons (Fsp3) is 0.300. The van der Waals surface area contributed by atoms with E-state index in [1.807, 2.05) is 0 Å². The van der Waals surface area contributed by atoms with Gasteiger partial charge in [-0.15, -0.1) is 0 Å². The van der Waals surface area contributed by atoms with Crippen molar-refractivity contribution in [3.63, 3.8) is 0 Å². The molecule has 0 bridgehead atoms. The lowest BCUT2D eigenvalue weighted by Crippen LogP contribution is -2.17. The molecule has 1 aromatic carbocycles. The summed E-state index contributed by atoms with van der Waals surface area (Å²) in [7, 11) is 0. The van der Waals surface area contributed by atoms with E-state index in [4.69, 9.17) is 14.6 Å². The molecule has 0 aliphatic carbocycles. The zero-order valence-electron chi connectivity index (χ0n) is 8.04. The van der Waals surface area contributed by atoms with Crippen LogP contribution in [-0.2, 0) is 0 Å². The summed E-state index contributed by atoms with van der Waals surface area (Å²) in [5.74, 6) is 0.102. The van der Waals surface area contributed by atoms with Gasteiger partial charge in [0, 0.05) is 0 Å². The van der Waals surface area contributed by atoms with Crippen LogP contribution in [0.3, 0.4) is 0 Å². The van der Waals surface area contributed by atoms with Crippen molar-refractivity contribution < 1.29 is 19.4 Å². The van der Waals surface area contributed by atoms with Gasteiger partial charge in [0.05, 0.1) is 10.0 Å². The number of rotatable bonds is 1. The minimum absolute atomic E-state index is 0.228. The first-order chi connectivity index (χ1) is 7.11. The van der Waals surface area contributed by atoms with Crippen molar-refractivity contribution in [2.24, 2.45) is 0 Å². The fourth-order valence-electron chi connectivity index (χ4n) is 1.46. The van der Waals surface area contributed by atoms with Gasteiger partial charge >= 0.3 is 5.97 Å². The van der Waals surface area contributed by atoms with E-state index in [2.05, 4.69) is 15.9 Å². The van der Waals surface area contributed by atoms with E-state index in [-0.39, 0.29) is 5.56 Å². The van der Waals surface area contributed by atoms with E-state index in [9.17, 15) is 4.79 Å². The Hall–Kier alpha value is -1.23. The second kappa shape index (κ2) is 3.73. The molecule has 5 heteroatoms. The Bertz CT molecular complexity index is 428. The minimum atomic E-state index is -0.967. The van der Waals surface area contributed by atoms with Crippen LogP contribution in [0, 0.1) is 6.92 Å². The van der Waals surface area contributed by atoms with Crippen LogP contribution < -0.4 is 9.47 Å². The van der Waals surface area contributed by atoms with Crippen LogP contribution >= 0.6 is 15.9 Å². The molecule has 0 radical (unpaired) electrons. The SMILES string of the molecule is Cc1c(C(=O)O)cc2c(c1Br)OCCO2. The summed E-state index contributed by atoms with van der Waals surface area (Å²) in [6.45, 7) is 2.66. The van der Waals surface area contributed by atoms with E-state index >= 15 is 0 Å². The molecular weight excluding hydrogens is 264 g/mol. The van der Waals surface area contributed by atoms with Gasteiger partial charge in [0.25, 0.3) is 0 Å². The van der Waals surface area contributed by atoms with E-state index in [0.717, 1.165) is 0 Å². The smallest absolute Gasteiger partial charge is 0.336 e. The number of carboxylic acids is 1. The molecule has 4 nitrogen and oxygen atoms in total. The van der Waals surface area contributed by atoms with E-state index < -0.39 is 5.97 Å². The summed E-state index contributed by atoms with van der Waals surface area (Å²) >= 11 is 3.32. The summed E-state index contributed by atoms with van der Waals surface area (Å²) in [4.78, 5) is 10.9. The average molecular weight is 273 g/mol. The van der Waals surface area contributed by atoms with E-state index in [1.165, 1.54) is 6.07 Å². The lowest BCUT2D eigenvalue weighted by Gasteiger charge is -2.21. The van der Waals surface area contributed by atoms with E-state index in [0.29, 0.717) is 34.7 Å². The molecule has 0 fully saturated rings. The quantitative estimate of drug-likeness (QED) is 0.852. The molecule has 0 saturated heterocycles. The molecule has 0 atom stereocenters. The highest BCUT2D eigenvalue weighted by molar-refractivity contribution is 9.10. The van der Waals surface area contributed by atoms with Crippen molar-refractivity contribution in [3.05, 3.63) is 21.7 Å².